The van der Waals surface area contributed by atoms with E-state index in [4.69, 9.17) is 42.1 Å². The van der Waals surface area contributed by atoms with Gasteiger partial charge in [-0.05, 0) is 121 Å². The fourth-order valence-corrected chi connectivity index (χ4v) is 11.6. The normalized spacial score (nSPS) is 21.5. The van der Waals surface area contributed by atoms with Gasteiger partial charge in [-0.2, -0.15) is 10.2 Å². The van der Waals surface area contributed by atoms with Crippen molar-refractivity contribution in [2.45, 2.75) is 169 Å². The van der Waals surface area contributed by atoms with E-state index in [1.165, 1.54) is 42.0 Å². The molecule has 94 heavy (non-hydrogen) atoms. The lowest BCUT2D eigenvalue weighted by Gasteiger charge is -2.35. The molecule has 1 aliphatic heterocycles. The summed E-state index contributed by atoms with van der Waals surface area (Å²) in [5.41, 5.74) is 6.64. The molecule has 1 fully saturated rings. The average molecular weight is 1330 g/mol. The second kappa shape index (κ2) is 33.2. The van der Waals surface area contributed by atoms with Crippen molar-refractivity contribution in [3.05, 3.63) is 154 Å². The summed E-state index contributed by atoms with van der Waals surface area (Å²) in [7, 11) is 5.56. The maximum absolute atomic E-state index is 15.2. The lowest BCUT2D eigenvalue weighted by Crippen LogP contribution is -2.55. The summed E-state index contributed by atoms with van der Waals surface area (Å²) in [6.07, 6.45) is 1.13. The van der Waals surface area contributed by atoms with E-state index in [-0.39, 0.29) is 62.2 Å². The summed E-state index contributed by atoms with van der Waals surface area (Å²) < 4.78 is 28.0. The molecule has 4 aromatic carbocycles. The summed E-state index contributed by atoms with van der Waals surface area (Å²) in [5, 5.41) is 10.3. The lowest BCUT2D eigenvalue weighted by molar-refractivity contribution is -0.176. The van der Waals surface area contributed by atoms with E-state index < -0.39 is 96.1 Å². The van der Waals surface area contributed by atoms with E-state index in [2.05, 4.69) is 10.2 Å². The smallest absolute Gasteiger partial charge is 0.329 e. The van der Waals surface area contributed by atoms with E-state index in [0.717, 1.165) is 53.0 Å². The van der Waals surface area contributed by atoms with E-state index in [1.54, 1.807) is 46.0 Å². The van der Waals surface area contributed by atoms with Crippen LogP contribution in [0.5, 0.6) is 0 Å². The van der Waals surface area contributed by atoms with Crippen LogP contribution < -0.4 is 0 Å². The van der Waals surface area contributed by atoms with E-state index in [0.29, 0.717) is 34.3 Å². The van der Waals surface area contributed by atoms with Crippen molar-refractivity contribution in [3.8, 4) is 22.3 Å². The van der Waals surface area contributed by atoms with Crippen LogP contribution >= 0.6 is 23.2 Å². The highest BCUT2D eigenvalue weighted by Crippen LogP contribution is 2.27. The monoisotopic (exact) mass is 1330 g/mol. The maximum atomic E-state index is 15.2. The molecule has 0 bridgehead atoms. The van der Waals surface area contributed by atoms with Gasteiger partial charge in [-0.1, -0.05) is 151 Å². The van der Waals surface area contributed by atoms with Gasteiger partial charge in [-0.15, -0.1) is 0 Å². The highest BCUT2D eigenvalue weighted by atomic mass is 35.5. The Hall–Kier alpha value is -8.36. The van der Waals surface area contributed by atoms with Gasteiger partial charge in [-0.3, -0.25) is 28.5 Å². The number of halogens is 2. The molecule has 4 amide bonds. The summed E-state index contributed by atoms with van der Waals surface area (Å²) in [4.78, 5) is 123. The number of nitrogens with zero attached hydrogens (tertiary/aromatic N) is 8. The third-order valence-electron chi connectivity index (χ3n) is 16.7. The Balaban J connectivity index is 1.22. The third-order valence-corrected chi connectivity index (χ3v) is 17.2. The standard InChI is InChI=1S/C72H90Cl2N8O12/c1-43(2)31-59-69(87)91-47(9)65(83)77(11)62(34-46(7)8)72(90)94-64(36-50-17-21-52(22-18-50)40-82-42-56(38-76-82)54-25-29-58(74)30-26-54)68(86)80(14)60(32-44(3)4)70(88)92-48(10)66(84)78(12)61(33-45(5)6)71(89)93-63(67(85)79(59)13)35-49-15-19-51(20-16-49)39-81-41-55(37-75-81)53-23-27-57(73)28-24-53/h15-30,37-38,41-48,59-64H,31-36,39-40H2,1-14H3/t47-,48-,59+,60+,61+,62+,63-,64-/m1/s1. The van der Waals surface area contributed by atoms with Crippen molar-refractivity contribution in [2.24, 2.45) is 23.7 Å². The van der Waals surface area contributed by atoms with Crippen molar-refractivity contribution in [1.82, 2.24) is 39.2 Å². The molecule has 0 aliphatic carbocycles. The van der Waals surface area contributed by atoms with Crippen LogP contribution in [0.1, 0.15) is 117 Å². The van der Waals surface area contributed by atoms with Crippen LogP contribution in [0, 0.1) is 23.7 Å². The number of aromatic nitrogens is 4. The Labute approximate surface area is 562 Å². The van der Waals surface area contributed by atoms with Gasteiger partial charge in [0.15, 0.2) is 24.4 Å². The highest BCUT2D eigenvalue weighted by Gasteiger charge is 2.43. The zero-order valence-electron chi connectivity index (χ0n) is 56.4. The Morgan fingerprint density at radius 3 is 0.926 bits per heavy atom. The SMILES string of the molecule is CC(C)C[C@H]1C(=O)O[C@H](Cc2ccc(Cn3cc(-c4ccc(Cl)cc4)cn3)cc2)C(=O)N(C)[C@@H](CC(C)C)C(=O)O[C@H](C)C(=O)N(C)[C@@H](CC(C)C)C(=O)O[C@H](Cc2ccc(Cn3cc(-c4ccc(Cl)cc4)cn3)cc2)C(=O)N(C)[C@@H](CC(C)C)C(=O)O[C@H](C)C(=O)N1C. The molecule has 0 saturated carbocycles. The van der Waals surface area contributed by atoms with Crippen molar-refractivity contribution in [3.63, 3.8) is 0 Å². The number of rotatable bonds is 18. The van der Waals surface area contributed by atoms with E-state index in [1.807, 2.05) is 141 Å². The first-order valence-corrected chi connectivity index (χ1v) is 32.8. The number of carbonyl (C=O) groups is 8. The molecule has 0 spiro atoms. The Bertz CT molecular complexity index is 3320. The van der Waals surface area contributed by atoms with Crippen molar-refractivity contribution >= 4 is 70.7 Å². The van der Waals surface area contributed by atoms with Gasteiger partial charge in [0.05, 0.1) is 25.5 Å². The first kappa shape index (κ1) is 73.1. The molecule has 3 heterocycles. The van der Waals surface area contributed by atoms with Gasteiger partial charge in [0.25, 0.3) is 23.6 Å². The zero-order valence-corrected chi connectivity index (χ0v) is 57.9. The fourth-order valence-electron chi connectivity index (χ4n) is 11.3. The average Bonchev–Trinajstić information content (AvgIpc) is 1.02. The molecule has 6 aromatic rings. The van der Waals surface area contributed by atoms with Crippen LogP contribution in [0.2, 0.25) is 10.0 Å². The van der Waals surface area contributed by atoms with Gasteiger partial charge in [0.1, 0.15) is 24.2 Å². The predicted octanol–water partition coefficient (Wildman–Crippen LogP) is 10.8. The number of hydrogen-bond donors (Lipinski definition) is 0. The predicted molar refractivity (Wildman–Crippen MR) is 359 cm³/mol. The van der Waals surface area contributed by atoms with E-state index in [9.17, 15) is 28.8 Å². The Morgan fingerprint density at radius 1 is 0.372 bits per heavy atom. The maximum Gasteiger partial charge on any atom is 0.329 e. The first-order valence-electron chi connectivity index (χ1n) is 32.1. The molecule has 22 heteroatoms. The molecule has 504 valence electrons. The minimum atomic E-state index is -1.57. The second-order valence-corrected chi connectivity index (χ2v) is 27.2. The quantitative estimate of drug-likeness (QED) is 0.0577. The second-order valence-electron chi connectivity index (χ2n) is 26.3. The van der Waals surface area contributed by atoms with Crippen LogP contribution in [0.15, 0.2) is 122 Å². The molecule has 1 aliphatic rings. The number of ether oxygens (including phenoxy) is 4. The molecule has 20 nitrogen and oxygen atoms in total. The molecule has 7 rings (SSSR count). The number of hydrogen-bond acceptors (Lipinski definition) is 14. The van der Waals surface area contributed by atoms with Crippen LogP contribution in [-0.4, -0.2) is 163 Å². The van der Waals surface area contributed by atoms with Crippen molar-refractivity contribution in [2.75, 3.05) is 28.2 Å². The van der Waals surface area contributed by atoms with Gasteiger partial charge >= 0.3 is 23.9 Å². The number of carbonyl (C=O) groups excluding carboxylic acids is 8. The van der Waals surface area contributed by atoms with Crippen LogP contribution in [0.4, 0.5) is 0 Å². The van der Waals surface area contributed by atoms with Crippen LogP contribution in [0.25, 0.3) is 22.3 Å². The topological polar surface area (TPSA) is 222 Å². The number of esters is 4. The highest BCUT2D eigenvalue weighted by molar-refractivity contribution is 6.31. The largest absolute Gasteiger partial charge is 0.451 e. The van der Waals surface area contributed by atoms with Crippen LogP contribution in [0.3, 0.4) is 0 Å². The number of likely N-dealkylation sites (N-methyl/N-ethyl adjacent to an activating group) is 4. The van der Waals surface area contributed by atoms with Gasteiger partial charge in [-0.25, -0.2) is 19.2 Å². The third kappa shape index (κ3) is 19.8. The summed E-state index contributed by atoms with van der Waals surface area (Å²) in [5.74, 6) is -7.65. The summed E-state index contributed by atoms with van der Waals surface area (Å²) >= 11 is 12.3. The van der Waals surface area contributed by atoms with Gasteiger partial charge in [0, 0.05) is 74.6 Å². The van der Waals surface area contributed by atoms with Crippen molar-refractivity contribution < 1.29 is 57.3 Å². The Kier molecular flexibility index (Phi) is 25.8. The summed E-state index contributed by atoms with van der Waals surface area (Å²) in [6, 6.07) is 24.3. The molecule has 2 aromatic heterocycles. The molecule has 0 N–H and O–H groups in total. The molecular formula is C72H90Cl2N8O12. The molecule has 1 saturated heterocycles. The number of benzene rings is 4. The van der Waals surface area contributed by atoms with Crippen LogP contribution in [-0.2, 0) is 83.2 Å². The first-order chi connectivity index (χ1) is 44.5. The molecular weight excluding hydrogens is 1240 g/mol. The van der Waals surface area contributed by atoms with Gasteiger partial charge in [0.2, 0.25) is 0 Å². The lowest BCUT2D eigenvalue weighted by atomic mass is 9.99. The number of amides is 4. The summed E-state index contributed by atoms with van der Waals surface area (Å²) in [6.45, 7) is 18.3. The molecule has 8 atom stereocenters. The molecule has 0 unspecified atom stereocenters. The Morgan fingerprint density at radius 2 is 0.638 bits per heavy atom. The molecule has 0 radical (unpaired) electrons. The minimum absolute atomic E-state index is 0.0629. The van der Waals surface area contributed by atoms with Crippen molar-refractivity contribution in [1.29, 1.82) is 0 Å². The zero-order chi connectivity index (χ0) is 68.8. The number of cyclic esters (lactones) is 4. The van der Waals surface area contributed by atoms with E-state index >= 15 is 9.59 Å². The van der Waals surface area contributed by atoms with Gasteiger partial charge < -0.3 is 38.5 Å². The fraction of sp³-hybridized carbons (Fsp3) is 0.472. The minimum Gasteiger partial charge on any atom is -0.451 e.